The molecule has 2 aromatic carbocycles. The third-order valence-corrected chi connectivity index (χ3v) is 5.04. The second kappa shape index (κ2) is 8.00. The Bertz CT molecular complexity index is 914. The first-order valence-corrected chi connectivity index (χ1v) is 10.1. The van der Waals surface area contributed by atoms with E-state index < -0.39 is 10.0 Å². The van der Waals surface area contributed by atoms with E-state index in [0.717, 1.165) is 11.1 Å². The number of carbonyl (C=O) groups excluding carboxylic acids is 1. The molecule has 0 bridgehead atoms. The average Bonchev–Trinajstić information content (AvgIpc) is 2.55. The Labute approximate surface area is 161 Å². The topological polar surface area (TPSA) is 84.5 Å². The number of ether oxygens (including phenoxy) is 1. The van der Waals surface area contributed by atoms with Crippen molar-refractivity contribution in [2.75, 3.05) is 11.3 Å². The molecule has 27 heavy (non-hydrogen) atoms. The van der Waals surface area contributed by atoms with Gasteiger partial charge in [-0.05, 0) is 76.1 Å². The lowest BCUT2D eigenvalue weighted by atomic mass is 10.1. The van der Waals surface area contributed by atoms with Crippen molar-refractivity contribution in [3.8, 4) is 5.75 Å². The normalized spacial score (nSPS) is 11.7. The van der Waals surface area contributed by atoms with Crippen molar-refractivity contribution >= 4 is 21.6 Å². The molecule has 0 radical (unpaired) electrons. The summed E-state index contributed by atoms with van der Waals surface area (Å²) < 4.78 is 33.2. The van der Waals surface area contributed by atoms with Crippen molar-refractivity contribution in [3.05, 3.63) is 53.6 Å². The molecular formula is C20H26N2O4S. The predicted molar refractivity (Wildman–Crippen MR) is 107 cm³/mol. The molecule has 2 aromatic rings. The smallest absolute Gasteiger partial charge is 0.261 e. The maximum atomic E-state index is 12.6. The quantitative estimate of drug-likeness (QED) is 0.792. The van der Waals surface area contributed by atoms with E-state index in [9.17, 15) is 13.2 Å². The van der Waals surface area contributed by atoms with E-state index in [0.29, 0.717) is 11.4 Å². The minimum atomic E-state index is -3.71. The predicted octanol–water partition coefficient (Wildman–Crippen LogP) is 3.40. The number of carbonyl (C=O) groups is 1. The third kappa shape index (κ3) is 6.29. The number of hydrogen-bond acceptors (Lipinski definition) is 4. The number of rotatable bonds is 6. The Hall–Kier alpha value is -2.54. The molecule has 0 fully saturated rings. The minimum Gasteiger partial charge on any atom is -0.484 e. The Morgan fingerprint density at radius 3 is 2.26 bits per heavy atom. The van der Waals surface area contributed by atoms with Gasteiger partial charge in [0.1, 0.15) is 5.75 Å². The number of aryl methyl sites for hydroxylation is 2. The van der Waals surface area contributed by atoms with Crippen molar-refractivity contribution in [2.45, 2.75) is 45.1 Å². The van der Waals surface area contributed by atoms with E-state index in [1.54, 1.807) is 6.07 Å². The van der Waals surface area contributed by atoms with Crippen molar-refractivity contribution in [1.82, 2.24) is 5.32 Å². The van der Waals surface area contributed by atoms with Crippen LogP contribution in [0, 0.1) is 13.8 Å². The molecule has 2 N–H and O–H groups in total. The first-order valence-electron chi connectivity index (χ1n) is 8.60. The van der Waals surface area contributed by atoms with Gasteiger partial charge < -0.3 is 10.1 Å². The lowest BCUT2D eigenvalue weighted by Crippen LogP contribution is -2.43. The Morgan fingerprint density at radius 1 is 1.04 bits per heavy atom. The van der Waals surface area contributed by atoms with Crippen LogP contribution in [0.1, 0.15) is 31.9 Å². The van der Waals surface area contributed by atoms with Gasteiger partial charge in [0.2, 0.25) is 0 Å². The van der Waals surface area contributed by atoms with Gasteiger partial charge in [0.05, 0.1) is 10.6 Å². The SMILES string of the molecule is Cc1ccc(C)c(NS(=O)(=O)c2ccc(OCC(=O)NC(C)(C)C)cc2)c1. The number of anilines is 1. The zero-order valence-electron chi connectivity index (χ0n) is 16.3. The van der Waals surface area contributed by atoms with Crippen LogP contribution in [0.25, 0.3) is 0 Å². The van der Waals surface area contributed by atoms with Gasteiger partial charge in [0.25, 0.3) is 15.9 Å². The summed E-state index contributed by atoms with van der Waals surface area (Å²) in [6.45, 7) is 9.26. The van der Waals surface area contributed by atoms with E-state index in [4.69, 9.17) is 4.74 Å². The number of sulfonamides is 1. The zero-order chi connectivity index (χ0) is 20.2. The van der Waals surface area contributed by atoms with E-state index >= 15 is 0 Å². The van der Waals surface area contributed by atoms with Crippen LogP contribution in [0.15, 0.2) is 47.4 Å². The van der Waals surface area contributed by atoms with Crippen molar-refractivity contribution in [3.63, 3.8) is 0 Å². The lowest BCUT2D eigenvalue weighted by Gasteiger charge is -2.20. The van der Waals surface area contributed by atoms with Crippen molar-refractivity contribution in [1.29, 1.82) is 0 Å². The first kappa shape index (κ1) is 20.8. The molecule has 0 aromatic heterocycles. The highest BCUT2D eigenvalue weighted by Gasteiger charge is 2.16. The fourth-order valence-corrected chi connectivity index (χ4v) is 3.49. The molecule has 0 saturated carbocycles. The summed E-state index contributed by atoms with van der Waals surface area (Å²) in [4.78, 5) is 11.9. The number of hydrogen-bond donors (Lipinski definition) is 2. The molecule has 0 aliphatic rings. The minimum absolute atomic E-state index is 0.120. The molecule has 6 nitrogen and oxygen atoms in total. The van der Waals surface area contributed by atoms with Gasteiger partial charge >= 0.3 is 0 Å². The monoisotopic (exact) mass is 390 g/mol. The summed E-state index contributed by atoms with van der Waals surface area (Å²) in [6.07, 6.45) is 0. The molecule has 0 atom stereocenters. The van der Waals surface area contributed by atoms with Crippen molar-refractivity contribution < 1.29 is 17.9 Å². The van der Waals surface area contributed by atoms with Gasteiger partial charge in [0, 0.05) is 5.54 Å². The lowest BCUT2D eigenvalue weighted by molar-refractivity contribution is -0.124. The van der Waals surface area contributed by atoms with Crippen LogP contribution in [-0.2, 0) is 14.8 Å². The number of nitrogens with one attached hydrogen (secondary N) is 2. The fourth-order valence-electron chi connectivity index (χ4n) is 2.37. The summed E-state index contributed by atoms with van der Waals surface area (Å²) in [5.41, 5.74) is 2.02. The molecule has 0 heterocycles. The van der Waals surface area contributed by atoms with E-state index in [1.165, 1.54) is 24.3 Å². The molecule has 0 unspecified atom stereocenters. The average molecular weight is 391 g/mol. The van der Waals surface area contributed by atoms with E-state index in [2.05, 4.69) is 10.0 Å². The summed E-state index contributed by atoms with van der Waals surface area (Å²) in [6, 6.07) is 11.5. The van der Waals surface area contributed by atoms with Gasteiger partial charge in [-0.15, -0.1) is 0 Å². The second-order valence-corrected chi connectivity index (χ2v) is 9.16. The summed E-state index contributed by atoms with van der Waals surface area (Å²) in [7, 11) is -3.71. The largest absolute Gasteiger partial charge is 0.484 e. The first-order chi connectivity index (χ1) is 12.5. The van der Waals surface area contributed by atoms with E-state index in [1.807, 2.05) is 46.8 Å². The second-order valence-electron chi connectivity index (χ2n) is 7.48. The molecular weight excluding hydrogens is 364 g/mol. The highest BCUT2D eigenvalue weighted by Crippen LogP contribution is 2.22. The van der Waals surface area contributed by atoms with Gasteiger partial charge in [0.15, 0.2) is 6.61 Å². The van der Waals surface area contributed by atoms with E-state index in [-0.39, 0.29) is 22.9 Å². The van der Waals surface area contributed by atoms with Crippen LogP contribution in [0.4, 0.5) is 5.69 Å². The van der Waals surface area contributed by atoms with Gasteiger partial charge in [-0.3, -0.25) is 9.52 Å². The summed E-state index contributed by atoms with van der Waals surface area (Å²) in [5.74, 6) is 0.181. The molecule has 0 aliphatic heterocycles. The molecule has 146 valence electrons. The van der Waals surface area contributed by atoms with Crippen LogP contribution < -0.4 is 14.8 Å². The van der Waals surface area contributed by atoms with Crippen molar-refractivity contribution in [2.24, 2.45) is 0 Å². The maximum Gasteiger partial charge on any atom is 0.261 e. The summed E-state index contributed by atoms with van der Waals surface area (Å²) >= 11 is 0. The number of benzene rings is 2. The Balaban J connectivity index is 2.05. The highest BCUT2D eigenvalue weighted by molar-refractivity contribution is 7.92. The third-order valence-electron chi connectivity index (χ3n) is 3.66. The zero-order valence-corrected chi connectivity index (χ0v) is 17.1. The highest BCUT2D eigenvalue weighted by atomic mass is 32.2. The Kier molecular flexibility index (Phi) is 6.15. The molecule has 0 saturated heterocycles. The van der Waals surface area contributed by atoms with Gasteiger partial charge in [-0.1, -0.05) is 12.1 Å². The molecule has 7 heteroatoms. The van der Waals surface area contributed by atoms with Crippen LogP contribution >= 0.6 is 0 Å². The number of amides is 1. The molecule has 2 rings (SSSR count). The van der Waals surface area contributed by atoms with Crippen LogP contribution in [0.3, 0.4) is 0 Å². The standard InChI is InChI=1S/C20H26N2O4S/c1-14-6-7-15(2)18(12-14)22-27(24,25)17-10-8-16(9-11-17)26-13-19(23)21-20(3,4)5/h6-12,22H,13H2,1-5H3,(H,21,23). The Morgan fingerprint density at radius 2 is 1.67 bits per heavy atom. The van der Waals surface area contributed by atoms with Crippen LogP contribution in [0.5, 0.6) is 5.75 Å². The van der Waals surface area contributed by atoms with Crippen LogP contribution in [0.2, 0.25) is 0 Å². The van der Waals surface area contributed by atoms with Crippen LogP contribution in [-0.4, -0.2) is 26.5 Å². The van der Waals surface area contributed by atoms with Gasteiger partial charge in [-0.25, -0.2) is 8.42 Å². The van der Waals surface area contributed by atoms with Gasteiger partial charge in [-0.2, -0.15) is 0 Å². The fraction of sp³-hybridized carbons (Fsp3) is 0.350. The molecule has 0 spiro atoms. The molecule has 0 aliphatic carbocycles. The maximum absolute atomic E-state index is 12.6. The summed E-state index contributed by atoms with van der Waals surface area (Å²) in [5, 5.41) is 2.79. The molecule has 1 amide bonds.